The van der Waals surface area contributed by atoms with Crippen LogP contribution in [0, 0.1) is 0 Å². The van der Waals surface area contributed by atoms with Crippen LogP contribution in [0.3, 0.4) is 0 Å². The van der Waals surface area contributed by atoms with Crippen LogP contribution in [0.2, 0.25) is 0 Å². The molecule has 0 radical (unpaired) electrons. The molecule has 1 aromatic carbocycles. The normalized spacial score (nSPS) is 19.0. The zero-order chi connectivity index (χ0) is 17.0. The fraction of sp³-hybridized carbons (Fsp3) is 0.529. The summed E-state index contributed by atoms with van der Waals surface area (Å²) in [4.78, 5) is 27.5. The minimum Gasteiger partial charge on any atom is -0.444 e. The smallest absolute Gasteiger partial charge is 0.410 e. The third-order valence-corrected chi connectivity index (χ3v) is 3.58. The van der Waals surface area contributed by atoms with Gasteiger partial charge >= 0.3 is 6.09 Å². The SMILES string of the molecule is CC(C)(C)OC(=O)N1CC(=O)N(Cc2ccccc2)[C@H](CO)C1. The summed E-state index contributed by atoms with van der Waals surface area (Å²) in [6.45, 7) is 5.80. The Balaban J connectivity index is 2.06. The summed E-state index contributed by atoms with van der Waals surface area (Å²) in [6.07, 6.45) is -0.524. The molecular formula is C17H24N2O4. The van der Waals surface area contributed by atoms with Gasteiger partial charge in [0.25, 0.3) is 0 Å². The van der Waals surface area contributed by atoms with E-state index in [-0.39, 0.29) is 25.6 Å². The molecule has 1 fully saturated rings. The van der Waals surface area contributed by atoms with Crippen LogP contribution in [-0.4, -0.2) is 58.2 Å². The van der Waals surface area contributed by atoms with E-state index in [4.69, 9.17) is 4.74 Å². The molecule has 1 saturated heterocycles. The van der Waals surface area contributed by atoms with Crippen LogP contribution in [-0.2, 0) is 16.1 Å². The minimum absolute atomic E-state index is 0.0295. The first-order chi connectivity index (χ1) is 10.8. The van der Waals surface area contributed by atoms with E-state index in [0.29, 0.717) is 6.54 Å². The number of ether oxygens (including phenoxy) is 1. The molecule has 23 heavy (non-hydrogen) atoms. The fourth-order valence-electron chi connectivity index (χ4n) is 2.49. The van der Waals surface area contributed by atoms with E-state index < -0.39 is 17.7 Å². The van der Waals surface area contributed by atoms with Crippen molar-refractivity contribution in [1.82, 2.24) is 9.80 Å². The largest absolute Gasteiger partial charge is 0.444 e. The van der Waals surface area contributed by atoms with Crippen molar-refractivity contribution in [2.24, 2.45) is 0 Å². The van der Waals surface area contributed by atoms with Gasteiger partial charge in [0, 0.05) is 13.1 Å². The van der Waals surface area contributed by atoms with Gasteiger partial charge in [0.2, 0.25) is 5.91 Å². The van der Waals surface area contributed by atoms with Gasteiger partial charge < -0.3 is 14.7 Å². The minimum atomic E-state index is -0.615. The molecule has 0 bridgehead atoms. The van der Waals surface area contributed by atoms with Gasteiger partial charge in [-0.05, 0) is 26.3 Å². The van der Waals surface area contributed by atoms with Crippen molar-refractivity contribution in [3.8, 4) is 0 Å². The second-order valence-corrected chi connectivity index (χ2v) is 6.70. The Morgan fingerprint density at radius 1 is 1.30 bits per heavy atom. The number of hydrogen-bond acceptors (Lipinski definition) is 4. The van der Waals surface area contributed by atoms with Gasteiger partial charge in [-0.25, -0.2) is 4.79 Å². The molecule has 0 saturated carbocycles. The zero-order valence-corrected chi connectivity index (χ0v) is 13.9. The van der Waals surface area contributed by atoms with E-state index in [1.165, 1.54) is 4.90 Å². The van der Waals surface area contributed by atoms with Gasteiger partial charge in [-0.1, -0.05) is 30.3 Å². The van der Waals surface area contributed by atoms with E-state index in [1.807, 2.05) is 30.3 Å². The highest BCUT2D eigenvalue weighted by molar-refractivity contribution is 5.84. The van der Waals surface area contributed by atoms with Crippen molar-refractivity contribution in [1.29, 1.82) is 0 Å². The molecule has 0 unspecified atom stereocenters. The van der Waals surface area contributed by atoms with E-state index in [1.54, 1.807) is 25.7 Å². The first-order valence-electron chi connectivity index (χ1n) is 7.72. The number of carbonyl (C=O) groups is 2. The number of piperazine rings is 1. The predicted molar refractivity (Wildman–Crippen MR) is 85.7 cm³/mol. The Kier molecular flexibility index (Phi) is 5.26. The van der Waals surface area contributed by atoms with E-state index in [0.717, 1.165) is 5.56 Å². The summed E-state index contributed by atoms with van der Waals surface area (Å²) in [5, 5.41) is 9.62. The molecule has 1 N–H and O–H groups in total. The second-order valence-electron chi connectivity index (χ2n) is 6.70. The first kappa shape index (κ1) is 17.3. The monoisotopic (exact) mass is 320 g/mol. The number of amides is 2. The molecule has 1 aliphatic heterocycles. The molecule has 126 valence electrons. The maximum atomic E-state index is 12.4. The van der Waals surface area contributed by atoms with Crippen LogP contribution >= 0.6 is 0 Å². The number of aliphatic hydroxyl groups is 1. The van der Waals surface area contributed by atoms with Gasteiger partial charge in [-0.15, -0.1) is 0 Å². The molecule has 1 aliphatic rings. The summed E-state index contributed by atoms with van der Waals surface area (Å²) in [6, 6.07) is 9.17. The molecule has 2 amide bonds. The fourth-order valence-corrected chi connectivity index (χ4v) is 2.49. The lowest BCUT2D eigenvalue weighted by Crippen LogP contribution is -2.59. The standard InChI is InChI=1S/C17H24N2O4/c1-17(2,3)23-16(22)18-10-14(12-20)19(15(21)11-18)9-13-7-5-4-6-8-13/h4-8,14,20H,9-12H2,1-3H3/t14-/m0/s1. The third kappa shape index (κ3) is 4.69. The van der Waals surface area contributed by atoms with Gasteiger partial charge in [0.1, 0.15) is 12.1 Å². The molecule has 0 aliphatic carbocycles. The highest BCUT2D eigenvalue weighted by Gasteiger charge is 2.36. The number of benzene rings is 1. The molecular weight excluding hydrogens is 296 g/mol. The molecule has 1 atom stereocenters. The quantitative estimate of drug-likeness (QED) is 0.919. The van der Waals surface area contributed by atoms with Crippen LogP contribution in [0.25, 0.3) is 0 Å². The number of nitrogens with zero attached hydrogens (tertiary/aromatic N) is 2. The van der Waals surface area contributed by atoms with E-state index in [9.17, 15) is 14.7 Å². The molecule has 1 heterocycles. The Hall–Kier alpha value is -2.08. The van der Waals surface area contributed by atoms with Crippen LogP contribution in [0.1, 0.15) is 26.3 Å². The lowest BCUT2D eigenvalue weighted by Gasteiger charge is -2.40. The van der Waals surface area contributed by atoms with E-state index >= 15 is 0 Å². The molecule has 2 rings (SSSR count). The third-order valence-electron chi connectivity index (χ3n) is 3.58. The lowest BCUT2D eigenvalue weighted by atomic mass is 10.1. The molecule has 0 aromatic heterocycles. The van der Waals surface area contributed by atoms with Gasteiger partial charge in [-0.2, -0.15) is 0 Å². The molecule has 6 nitrogen and oxygen atoms in total. The van der Waals surface area contributed by atoms with Crippen LogP contribution < -0.4 is 0 Å². The Bertz CT molecular complexity index is 553. The Labute approximate surface area is 136 Å². The molecule has 6 heteroatoms. The maximum Gasteiger partial charge on any atom is 0.410 e. The Morgan fingerprint density at radius 3 is 2.52 bits per heavy atom. The van der Waals surface area contributed by atoms with E-state index in [2.05, 4.69) is 0 Å². The van der Waals surface area contributed by atoms with Gasteiger partial charge in [-0.3, -0.25) is 9.69 Å². The van der Waals surface area contributed by atoms with Crippen molar-refractivity contribution in [3.63, 3.8) is 0 Å². The first-order valence-corrected chi connectivity index (χ1v) is 7.72. The zero-order valence-electron chi connectivity index (χ0n) is 13.9. The van der Waals surface area contributed by atoms with Crippen molar-refractivity contribution >= 4 is 12.0 Å². The summed E-state index contributed by atoms with van der Waals surface area (Å²) in [5.41, 5.74) is 0.376. The average Bonchev–Trinajstić information content (AvgIpc) is 2.48. The van der Waals surface area contributed by atoms with Gasteiger partial charge in [0.05, 0.1) is 12.6 Å². The van der Waals surface area contributed by atoms with Crippen LogP contribution in [0.4, 0.5) is 4.79 Å². The second kappa shape index (κ2) is 7.00. The van der Waals surface area contributed by atoms with Crippen LogP contribution in [0.15, 0.2) is 30.3 Å². The highest BCUT2D eigenvalue weighted by Crippen LogP contribution is 2.18. The number of rotatable bonds is 3. The number of carbonyl (C=O) groups excluding carboxylic acids is 2. The van der Waals surface area contributed by atoms with Gasteiger partial charge in [0.15, 0.2) is 0 Å². The highest BCUT2D eigenvalue weighted by atomic mass is 16.6. The van der Waals surface area contributed by atoms with Crippen molar-refractivity contribution < 1.29 is 19.4 Å². The number of aliphatic hydroxyl groups excluding tert-OH is 1. The molecule has 1 aromatic rings. The number of hydrogen-bond donors (Lipinski definition) is 1. The maximum absolute atomic E-state index is 12.4. The summed E-state index contributed by atoms with van der Waals surface area (Å²) >= 11 is 0. The summed E-state index contributed by atoms with van der Waals surface area (Å²) in [5.74, 6) is -0.190. The summed E-state index contributed by atoms with van der Waals surface area (Å²) in [7, 11) is 0. The average molecular weight is 320 g/mol. The summed E-state index contributed by atoms with van der Waals surface area (Å²) < 4.78 is 5.31. The Morgan fingerprint density at radius 2 is 1.96 bits per heavy atom. The molecule has 0 spiro atoms. The topological polar surface area (TPSA) is 70.1 Å². The van der Waals surface area contributed by atoms with Crippen molar-refractivity contribution in [2.45, 2.75) is 39.0 Å². The lowest BCUT2D eigenvalue weighted by molar-refractivity contribution is -0.141. The van der Waals surface area contributed by atoms with Crippen LogP contribution in [0.5, 0.6) is 0 Å². The predicted octanol–water partition coefficient (Wildman–Crippen LogP) is 1.63. The van der Waals surface area contributed by atoms with Crippen molar-refractivity contribution in [3.05, 3.63) is 35.9 Å². The van der Waals surface area contributed by atoms with Crippen molar-refractivity contribution in [2.75, 3.05) is 19.7 Å².